The lowest BCUT2D eigenvalue weighted by Crippen LogP contribution is -2.35. The van der Waals surface area contributed by atoms with Crippen molar-refractivity contribution in [3.05, 3.63) is 72.3 Å². The minimum absolute atomic E-state index is 0.553. The van der Waals surface area contributed by atoms with Crippen LogP contribution >= 0.6 is 0 Å². The number of para-hydroxylation sites is 1. The van der Waals surface area contributed by atoms with Gasteiger partial charge in [-0.2, -0.15) is 0 Å². The van der Waals surface area contributed by atoms with Crippen molar-refractivity contribution < 1.29 is 0 Å². The average molecular weight is 264 g/mol. The number of hydrogen-bond donors (Lipinski definition) is 0. The van der Waals surface area contributed by atoms with Crippen LogP contribution in [0.1, 0.15) is 25.0 Å². The molecule has 0 heterocycles. The molecule has 0 aliphatic heterocycles. The summed E-state index contributed by atoms with van der Waals surface area (Å²) in [6, 6.07) is 20.2. The first-order valence-corrected chi connectivity index (χ1v) is 7.49. The van der Waals surface area contributed by atoms with Crippen molar-refractivity contribution in [2.75, 3.05) is 4.90 Å². The van der Waals surface area contributed by atoms with Crippen molar-refractivity contribution in [1.82, 2.24) is 0 Å². The Hall–Kier alpha value is -1.76. The highest BCUT2D eigenvalue weighted by Gasteiger charge is 2.27. The third-order valence-corrected chi connectivity index (χ3v) is 3.94. The van der Waals surface area contributed by atoms with Crippen molar-refractivity contribution in [2.45, 2.75) is 32.7 Å². The molecule has 0 fully saturated rings. The molecule has 2 aromatic carbocycles. The van der Waals surface area contributed by atoms with Gasteiger partial charge in [-0.1, -0.05) is 56.3 Å². The van der Waals surface area contributed by atoms with E-state index >= 15 is 0 Å². The summed E-state index contributed by atoms with van der Waals surface area (Å²) >= 11 is 0. The molecule has 0 saturated heterocycles. The van der Waals surface area contributed by atoms with E-state index in [2.05, 4.69) is 79.9 Å². The van der Waals surface area contributed by atoms with Gasteiger partial charge in [0.1, 0.15) is 0 Å². The summed E-state index contributed by atoms with van der Waals surface area (Å²) in [5, 5.41) is 0. The second kappa shape index (κ2) is 5.70. The quantitative estimate of drug-likeness (QED) is 0.787. The van der Waals surface area contributed by atoms with Crippen LogP contribution in [0, 0.1) is 12.5 Å². The second-order valence-corrected chi connectivity index (χ2v) is 5.97. The van der Waals surface area contributed by atoms with Gasteiger partial charge in [0, 0.05) is 11.7 Å². The molecule has 3 rings (SSSR count). The Labute approximate surface area is 122 Å². The van der Waals surface area contributed by atoms with E-state index in [4.69, 9.17) is 0 Å². The van der Waals surface area contributed by atoms with E-state index in [1.54, 1.807) is 0 Å². The average Bonchev–Trinajstić information content (AvgIpc) is 2.89. The highest BCUT2D eigenvalue weighted by molar-refractivity contribution is 5.51. The Morgan fingerprint density at radius 1 is 0.900 bits per heavy atom. The van der Waals surface area contributed by atoms with Gasteiger partial charge in [-0.25, -0.2) is 0 Å². The third-order valence-electron chi connectivity index (χ3n) is 3.94. The van der Waals surface area contributed by atoms with Gasteiger partial charge >= 0.3 is 0 Å². The van der Waals surface area contributed by atoms with E-state index in [-0.39, 0.29) is 0 Å². The first-order chi connectivity index (χ1) is 9.74. The normalized spacial score (nSPS) is 14.6. The van der Waals surface area contributed by atoms with Crippen LogP contribution in [-0.4, -0.2) is 6.04 Å². The molecular weight excluding hydrogens is 242 g/mol. The molecule has 0 unspecified atom stereocenters. The van der Waals surface area contributed by atoms with Crippen molar-refractivity contribution in [3.63, 3.8) is 0 Å². The fourth-order valence-electron chi connectivity index (χ4n) is 3.07. The highest BCUT2D eigenvalue weighted by atomic mass is 15.2. The van der Waals surface area contributed by atoms with Crippen LogP contribution in [0.3, 0.4) is 0 Å². The molecule has 0 amide bonds. The van der Waals surface area contributed by atoms with E-state index < -0.39 is 0 Å². The van der Waals surface area contributed by atoms with Gasteiger partial charge in [0.25, 0.3) is 0 Å². The van der Waals surface area contributed by atoms with Gasteiger partial charge in [-0.05, 0) is 42.0 Å². The Bertz CT molecular complexity index is 534. The minimum Gasteiger partial charge on any atom is -0.363 e. The first kappa shape index (κ1) is 13.2. The number of anilines is 1. The number of fused-ring (bicyclic) bond motifs is 1. The molecule has 20 heavy (non-hydrogen) atoms. The Balaban J connectivity index is 1.85. The molecular formula is C19H22N. The van der Waals surface area contributed by atoms with E-state index in [9.17, 15) is 0 Å². The standard InChI is InChI=1S/C19H22N/c1-15(2)14-20(18-10-4-3-5-11-18)19-12-16-8-6-7-9-17(16)13-19/h3-11,14-15,19H,12-13H2,1-2H3. The lowest BCUT2D eigenvalue weighted by molar-refractivity contribution is 0.603. The van der Waals surface area contributed by atoms with Gasteiger partial charge in [0.15, 0.2) is 0 Å². The third kappa shape index (κ3) is 2.72. The van der Waals surface area contributed by atoms with E-state index in [0.717, 1.165) is 12.8 Å². The number of nitrogens with zero attached hydrogens (tertiary/aromatic N) is 1. The lowest BCUT2D eigenvalue weighted by atomic mass is 10.1. The second-order valence-electron chi connectivity index (χ2n) is 5.97. The maximum absolute atomic E-state index is 2.48. The summed E-state index contributed by atoms with van der Waals surface area (Å²) in [5.74, 6) is 0.555. The maximum atomic E-state index is 2.48. The summed E-state index contributed by atoms with van der Waals surface area (Å²) in [6.45, 7) is 6.86. The van der Waals surface area contributed by atoms with Crippen LogP contribution in [0.4, 0.5) is 5.69 Å². The SMILES string of the molecule is CC(C)[CH]N(c1ccccc1)C1Cc2ccccc2C1. The molecule has 1 nitrogen and oxygen atoms in total. The summed E-state index contributed by atoms with van der Waals surface area (Å²) in [6.07, 6.45) is 2.29. The molecule has 1 heteroatoms. The Morgan fingerprint density at radius 2 is 1.45 bits per heavy atom. The predicted octanol–water partition coefficient (Wildman–Crippen LogP) is 4.48. The first-order valence-electron chi connectivity index (χ1n) is 7.49. The number of hydrogen-bond acceptors (Lipinski definition) is 1. The van der Waals surface area contributed by atoms with Crippen LogP contribution in [-0.2, 0) is 12.8 Å². The minimum atomic E-state index is 0.553. The topological polar surface area (TPSA) is 3.24 Å². The molecule has 0 atom stereocenters. The van der Waals surface area contributed by atoms with Gasteiger partial charge in [-0.3, -0.25) is 0 Å². The summed E-state index contributed by atoms with van der Waals surface area (Å²) in [4.78, 5) is 2.48. The van der Waals surface area contributed by atoms with E-state index in [1.807, 2.05) is 0 Å². The largest absolute Gasteiger partial charge is 0.363 e. The van der Waals surface area contributed by atoms with Gasteiger partial charge in [0.05, 0.1) is 6.54 Å². The number of rotatable bonds is 4. The van der Waals surface area contributed by atoms with Gasteiger partial charge < -0.3 is 4.90 Å². The summed E-state index contributed by atoms with van der Waals surface area (Å²) in [5.41, 5.74) is 4.32. The molecule has 1 radical (unpaired) electrons. The van der Waals surface area contributed by atoms with E-state index in [1.165, 1.54) is 16.8 Å². The molecule has 0 bridgehead atoms. The predicted molar refractivity (Wildman–Crippen MR) is 85.7 cm³/mol. The number of benzene rings is 2. The Morgan fingerprint density at radius 3 is 2.00 bits per heavy atom. The van der Waals surface area contributed by atoms with Crippen LogP contribution in [0.25, 0.3) is 0 Å². The van der Waals surface area contributed by atoms with Crippen LogP contribution in [0.2, 0.25) is 0 Å². The highest BCUT2D eigenvalue weighted by Crippen LogP contribution is 2.30. The molecule has 1 aliphatic rings. The van der Waals surface area contributed by atoms with Gasteiger partial charge in [-0.15, -0.1) is 0 Å². The van der Waals surface area contributed by atoms with Crippen molar-refractivity contribution in [1.29, 1.82) is 0 Å². The van der Waals surface area contributed by atoms with Crippen molar-refractivity contribution >= 4 is 5.69 Å². The zero-order valence-corrected chi connectivity index (χ0v) is 12.3. The maximum Gasteiger partial charge on any atom is 0.0522 e. The monoisotopic (exact) mass is 264 g/mol. The fraction of sp³-hybridized carbons (Fsp3) is 0.316. The summed E-state index contributed by atoms with van der Waals surface area (Å²) < 4.78 is 0. The smallest absolute Gasteiger partial charge is 0.0522 e. The molecule has 0 N–H and O–H groups in total. The van der Waals surface area contributed by atoms with Crippen molar-refractivity contribution in [2.24, 2.45) is 5.92 Å². The van der Waals surface area contributed by atoms with Crippen LogP contribution in [0.5, 0.6) is 0 Å². The molecule has 103 valence electrons. The fourth-order valence-corrected chi connectivity index (χ4v) is 3.07. The zero-order valence-electron chi connectivity index (χ0n) is 12.3. The zero-order chi connectivity index (χ0) is 13.9. The lowest BCUT2D eigenvalue weighted by Gasteiger charge is -2.32. The van der Waals surface area contributed by atoms with Crippen molar-refractivity contribution in [3.8, 4) is 0 Å². The molecule has 1 aliphatic carbocycles. The molecule has 0 spiro atoms. The Kier molecular flexibility index (Phi) is 3.77. The van der Waals surface area contributed by atoms with E-state index in [0.29, 0.717) is 12.0 Å². The van der Waals surface area contributed by atoms with Gasteiger partial charge in [0.2, 0.25) is 0 Å². The molecule has 2 aromatic rings. The molecule has 0 aromatic heterocycles. The molecule has 0 saturated carbocycles. The van der Waals surface area contributed by atoms with Crippen LogP contribution < -0.4 is 4.90 Å². The summed E-state index contributed by atoms with van der Waals surface area (Å²) in [7, 11) is 0. The van der Waals surface area contributed by atoms with Crippen LogP contribution in [0.15, 0.2) is 54.6 Å².